The highest BCUT2D eigenvalue weighted by Gasteiger charge is 2.45. The Morgan fingerprint density at radius 3 is 1.85 bits per heavy atom. The second kappa shape index (κ2) is 3.89. The summed E-state index contributed by atoms with van der Waals surface area (Å²) in [6.07, 6.45) is -4.25. The number of hydrogen-bond acceptors (Lipinski definition) is 5. The Labute approximate surface area is 77.0 Å². The van der Waals surface area contributed by atoms with Crippen LogP contribution in [0, 0.1) is 5.92 Å². The van der Waals surface area contributed by atoms with Gasteiger partial charge >= 0.3 is 0 Å². The van der Waals surface area contributed by atoms with Crippen molar-refractivity contribution in [1.82, 2.24) is 5.32 Å². The first-order valence-electron chi connectivity index (χ1n) is 4.40. The Kier molecular flexibility index (Phi) is 3.26. The topological polar surface area (TPSA) is 93.0 Å². The molecule has 0 amide bonds. The van der Waals surface area contributed by atoms with Gasteiger partial charge in [-0.15, -0.1) is 0 Å². The van der Waals surface area contributed by atoms with Crippen LogP contribution in [0.25, 0.3) is 0 Å². The molecule has 0 heterocycles. The highest BCUT2D eigenvalue weighted by Crippen LogP contribution is 2.25. The molecule has 6 atom stereocenters. The zero-order valence-electron chi connectivity index (χ0n) is 7.75. The molecule has 1 rings (SSSR count). The highest BCUT2D eigenvalue weighted by atomic mass is 16.4. The molecule has 1 fully saturated rings. The molecule has 78 valence electrons. The van der Waals surface area contributed by atoms with Gasteiger partial charge in [-0.2, -0.15) is 0 Å². The minimum Gasteiger partial charge on any atom is -0.391 e. The fourth-order valence-electron chi connectivity index (χ4n) is 1.80. The first kappa shape index (κ1) is 10.9. The van der Waals surface area contributed by atoms with Crippen LogP contribution >= 0.6 is 0 Å². The standard InChI is InChI=1S/C8H17NO4/c1-3-5(10)4(9-2)7(12)8(13)6(3)11/h3-13H,1-2H3/t3-,4-,5-,6+,7+,8-/m0/s1. The Bertz CT molecular complexity index is 162. The third-order valence-electron chi connectivity index (χ3n) is 2.85. The highest BCUT2D eigenvalue weighted by molar-refractivity contribution is 4.99. The van der Waals surface area contributed by atoms with Gasteiger partial charge in [0.25, 0.3) is 0 Å². The number of nitrogens with one attached hydrogen (secondary N) is 1. The third-order valence-corrected chi connectivity index (χ3v) is 2.85. The van der Waals surface area contributed by atoms with E-state index in [-0.39, 0.29) is 0 Å². The molecule has 1 aliphatic rings. The maximum atomic E-state index is 9.60. The van der Waals surface area contributed by atoms with Gasteiger partial charge in [-0.1, -0.05) is 6.92 Å². The lowest BCUT2D eigenvalue weighted by Gasteiger charge is -2.42. The summed E-state index contributed by atoms with van der Waals surface area (Å²) in [4.78, 5) is 0. The fourth-order valence-corrected chi connectivity index (χ4v) is 1.80. The molecule has 0 spiro atoms. The van der Waals surface area contributed by atoms with Crippen LogP contribution in [-0.4, -0.2) is 57.9 Å². The van der Waals surface area contributed by atoms with E-state index in [4.69, 9.17) is 0 Å². The maximum absolute atomic E-state index is 9.60. The van der Waals surface area contributed by atoms with Crippen molar-refractivity contribution in [2.75, 3.05) is 7.05 Å². The van der Waals surface area contributed by atoms with Gasteiger partial charge in [0.2, 0.25) is 0 Å². The minimum atomic E-state index is -1.20. The van der Waals surface area contributed by atoms with Gasteiger partial charge in [0.1, 0.15) is 12.2 Å². The van der Waals surface area contributed by atoms with Crippen LogP contribution < -0.4 is 5.32 Å². The van der Waals surface area contributed by atoms with Crippen LogP contribution in [0.1, 0.15) is 6.92 Å². The molecule has 0 saturated heterocycles. The molecule has 13 heavy (non-hydrogen) atoms. The van der Waals surface area contributed by atoms with Gasteiger partial charge in [0.05, 0.1) is 18.2 Å². The van der Waals surface area contributed by atoms with E-state index in [1.807, 2.05) is 0 Å². The van der Waals surface area contributed by atoms with Crippen molar-refractivity contribution >= 4 is 0 Å². The van der Waals surface area contributed by atoms with E-state index in [1.165, 1.54) is 0 Å². The van der Waals surface area contributed by atoms with Crippen molar-refractivity contribution in [3.8, 4) is 0 Å². The van der Waals surface area contributed by atoms with Gasteiger partial charge in [-0.05, 0) is 7.05 Å². The number of hydrogen-bond donors (Lipinski definition) is 5. The Morgan fingerprint density at radius 2 is 1.38 bits per heavy atom. The van der Waals surface area contributed by atoms with Gasteiger partial charge in [0, 0.05) is 5.92 Å². The van der Waals surface area contributed by atoms with Crippen LogP contribution in [0.2, 0.25) is 0 Å². The first-order chi connectivity index (χ1) is 6.00. The van der Waals surface area contributed by atoms with E-state index in [9.17, 15) is 20.4 Å². The maximum Gasteiger partial charge on any atom is 0.108 e. The van der Waals surface area contributed by atoms with E-state index >= 15 is 0 Å². The van der Waals surface area contributed by atoms with Crippen molar-refractivity contribution < 1.29 is 20.4 Å². The van der Waals surface area contributed by atoms with Crippen LogP contribution in [-0.2, 0) is 0 Å². The molecule has 0 aromatic heterocycles. The molecule has 5 nitrogen and oxygen atoms in total. The lowest BCUT2D eigenvalue weighted by atomic mass is 9.78. The summed E-state index contributed by atoms with van der Waals surface area (Å²) in [7, 11) is 1.59. The number of rotatable bonds is 1. The number of aliphatic hydroxyl groups excluding tert-OH is 4. The van der Waals surface area contributed by atoms with Crippen molar-refractivity contribution in [1.29, 1.82) is 0 Å². The lowest BCUT2D eigenvalue weighted by molar-refractivity contribution is -0.160. The fraction of sp³-hybridized carbons (Fsp3) is 1.00. The summed E-state index contributed by atoms with van der Waals surface area (Å²) in [6.45, 7) is 1.63. The van der Waals surface area contributed by atoms with Crippen molar-refractivity contribution in [3.63, 3.8) is 0 Å². The summed E-state index contributed by atoms with van der Waals surface area (Å²) in [5, 5.41) is 40.6. The first-order valence-corrected chi connectivity index (χ1v) is 4.40. The van der Waals surface area contributed by atoms with Crippen LogP contribution in [0.5, 0.6) is 0 Å². The van der Waals surface area contributed by atoms with E-state index in [1.54, 1.807) is 14.0 Å². The molecule has 0 aromatic rings. The molecular formula is C8H17NO4. The summed E-state index contributed by atoms with van der Waals surface area (Å²) in [5.74, 6) is -0.448. The SMILES string of the molecule is CN[C@H]1[C@@H](O)[C@H](C)[C@@H](O)[C@H](O)[C@@H]1O. The van der Waals surface area contributed by atoms with Gasteiger partial charge in [-0.25, -0.2) is 0 Å². The second-order valence-electron chi connectivity index (χ2n) is 3.64. The molecule has 0 aliphatic heterocycles. The molecule has 1 saturated carbocycles. The van der Waals surface area contributed by atoms with Crippen LogP contribution in [0.4, 0.5) is 0 Å². The van der Waals surface area contributed by atoms with Crippen LogP contribution in [0.15, 0.2) is 0 Å². The third kappa shape index (κ3) is 1.70. The van der Waals surface area contributed by atoms with E-state index < -0.39 is 36.4 Å². The van der Waals surface area contributed by atoms with E-state index in [0.29, 0.717) is 0 Å². The van der Waals surface area contributed by atoms with Crippen molar-refractivity contribution in [2.24, 2.45) is 5.92 Å². The summed E-state index contributed by atoms with van der Waals surface area (Å²) >= 11 is 0. The summed E-state index contributed by atoms with van der Waals surface area (Å²) in [6, 6.07) is -0.589. The zero-order valence-corrected chi connectivity index (χ0v) is 7.75. The Balaban J connectivity index is 2.79. The Morgan fingerprint density at radius 1 is 0.846 bits per heavy atom. The average molecular weight is 191 g/mol. The van der Waals surface area contributed by atoms with Gasteiger partial charge in [-0.3, -0.25) is 0 Å². The average Bonchev–Trinajstić information content (AvgIpc) is 2.13. The molecule has 0 radical (unpaired) electrons. The molecule has 0 aromatic carbocycles. The molecule has 0 unspecified atom stereocenters. The van der Waals surface area contributed by atoms with Gasteiger partial charge < -0.3 is 25.7 Å². The molecular weight excluding hydrogens is 174 g/mol. The molecule has 1 aliphatic carbocycles. The van der Waals surface area contributed by atoms with Crippen molar-refractivity contribution in [3.05, 3.63) is 0 Å². The van der Waals surface area contributed by atoms with E-state index in [0.717, 1.165) is 0 Å². The molecule has 0 bridgehead atoms. The second-order valence-corrected chi connectivity index (χ2v) is 3.64. The number of aliphatic hydroxyl groups is 4. The smallest absolute Gasteiger partial charge is 0.108 e. The monoisotopic (exact) mass is 191 g/mol. The molecule has 5 heteroatoms. The minimum absolute atomic E-state index is 0.448. The summed E-state index contributed by atoms with van der Waals surface area (Å²) < 4.78 is 0. The number of likely N-dealkylation sites (N-methyl/N-ethyl adjacent to an activating group) is 1. The quantitative estimate of drug-likeness (QED) is 0.320. The predicted octanol–water partition coefficient (Wildman–Crippen LogP) is -2.33. The van der Waals surface area contributed by atoms with Gasteiger partial charge in [0.15, 0.2) is 0 Å². The predicted molar refractivity (Wildman–Crippen MR) is 46.0 cm³/mol. The van der Waals surface area contributed by atoms with Crippen molar-refractivity contribution in [2.45, 2.75) is 37.4 Å². The largest absolute Gasteiger partial charge is 0.391 e. The Hall–Kier alpha value is -0.200. The normalized spacial score (nSPS) is 52.2. The van der Waals surface area contributed by atoms with Crippen LogP contribution in [0.3, 0.4) is 0 Å². The zero-order chi connectivity index (χ0) is 10.2. The lowest BCUT2D eigenvalue weighted by Crippen LogP contribution is -2.64. The summed E-state index contributed by atoms with van der Waals surface area (Å²) in [5.41, 5.74) is 0. The van der Waals surface area contributed by atoms with E-state index in [2.05, 4.69) is 5.32 Å². The molecule has 5 N–H and O–H groups in total.